The van der Waals surface area contributed by atoms with Gasteiger partial charge in [0.2, 0.25) is 5.69 Å². The molecule has 4 N–H and O–H groups in total. The number of carboxylic acid groups (broad SMARTS) is 1. The van der Waals surface area contributed by atoms with E-state index in [1.807, 2.05) is 48.5 Å². The van der Waals surface area contributed by atoms with Crippen molar-refractivity contribution in [1.82, 2.24) is 19.6 Å². The quantitative estimate of drug-likeness (QED) is 0.137. The summed E-state index contributed by atoms with van der Waals surface area (Å²) in [5, 5.41) is 55.3. The molecule has 0 unspecified atom stereocenters. The van der Waals surface area contributed by atoms with Crippen LogP contribution >= 0.6 is 0 Å². The monoisotopic (exact) mass is 681 g/mol. The maximum absolute atomic E-state index is 11.9. The average Bonchev–Trinajstić information content (AvgIpc) is 3.13. The topological polar surface area (TPSA) is 192 Å². The van der Waals surface area contributed by atoms with Crippen LogP contribution in [0.2, 0.25) is 0 Å². The molecule has 0 aliphatic heterocycles. The highest BCUT2D eigenvalue weighted by atomic mass is 16.4. The number of aliphatic hydroxyl groups is 1. The van der Waals surface area contributed by atoms with Gasteiger partial charge in [-0.15, -0.1) is 0 Å². The van der Waals surface area contributed by atoms with E-state index in [0.29, 0.717) is 28.4 Å². The van der Waals surface area contributed by atoms with Crippen molar-refractivity contribution in [3.05, 3.63) is 159 Å². The third-order valence-corrected chi connectivity index (χ3v) is 7.78. The van der Waals surface area contributed by atoms with Crippen LogP contribution < -0.4 is 10.9 Å². The Kier molecular flexibility index (Phi) is 10.2. The molecule has 0 fully saturated rings. The molecule has 51 heavy (non-hydrogen) atoms. The smallest absolute Gasteiger partial charge is 0.360 e. The lowest BCUT2D eigenvalue weighted by Crippen LogP contribution is -2.21. The van der Waals surface area contributed by atoms with E-state index in [4.69, 9.17) is 10.4 Å². The largest absolute Gasteiger partial charge is 0.506 e. The summed E-state index contributed by atoms with van der Waals surface area (Å²) in [6.45, 7) is 7.60. The summed E-state index contributed by atoms with van der Waals surface area (Å²) in [5.74, 6) is -2.90. The van der Waals surface area contributed by atoms with Crippen LogP contribution in [-0.2, 0) is 0 Å². The van der Waals surface area contributed by atoms with Crippen molar-refractivity contribution in [3.8, 4) is 51.2 Å². The van der Waals surface area contributed by atoms with Crippen molar-refractivity contribution in [2.45, 2.75) is 19.8 Å². The summed E-state index contributed by atoms with van der Waals surface area (Å²) in [4.78, 5) is 34.8. The van der Waals surface area contributed by atoms with E-state index in [1.54, 1.807) is 48.5 Å². The second-order valence-corrected chi connectivity index (χ2v) is 11.5. The summed E-state index contributed by atoms with van der Waals surface area (Å²) < 4.78 is 2.54. The zero-order chi connectivity index (χ0) is 36.8. The van der Waals surface area contributed by atoms with Crippen molar-refractivity contribution in [1.29, 1.82) is 5.26 Å². The normalized spacial score (nSPS) is 10.5. The summed E-state index contributed by atoms with van der Waals surface area (Å²) >= 11 is 0. The fraction of sp³-hybridized carbons (Fsp3) is 0.0769. The molecule has 254 valence electrons. The highest BCUT2D eigenvalue weighted by Gasteiger charge is 2.18. The van der Waals surface area contributed by atoms with Crippen LogP contribution in [0.1, 0.15) is 47.1 Å². The standard InChI is InChI=1S/C21H20N2O3.C18H11N3O4/c1-13(2)15-8-4-5-9-16(15)17-10-6-7-11-18(17)23-12-19(25)21(26)20(22-23)14(3)24;19-9-11-5-7-12(8-6-11)13-3-1-2-4-14(13)21-10-15(22)17(23)16(20-21)18(24)25/h4-13,24-25H,3H2,1-2H3;1-8,10,22H,(H,24,25). The number of aromatic nitrogens is 4. The van der Waals surface area contributed by atoms with E-state index in [0.717, 1.165) is 27.6 Å². The summed E-state index contributed by atoms with van der Waals surface area (Å²) in [5.41, 5.74) is 3.41. The van der Waals surface area contributed by atoms with Crippen LogP contribution in [0.4, 0.5) is 0 Å². The Labute approximate surface area is 291 Å². The number of nitrogens with zero attached hydrogens (tertiary/aromatic N) is 5. The van der Waals surface area contributed by atoms with E-state index in [-0.39, 0.29) is 5.69 Å². The molecule has 0 aliphatic rings. The maximum Gasteiger partial charge on any atom is 0.360 e. The first-order chi connectivity index (χ1) is 24.4. The van der Waals surface area contributed by atoms with E-state index < -0.39 is 39.8 Å². The lowest BCUT2D eigenvalue weighted by atomic mass is 9.92. The van der Waals surface area contributed by atoms with Crippen LogP contribution in [0.3, 0.4) is 0 Å². The van der Waals surface area contributed by atoms with Gasteiger partial charge in [-0.2, -0.15) is 15.5 Å². The Bertz CT molecular complexity index is 2440. The molecule has 0 spiro atoms. The lowest BCUT2D eigenvalue weighted by molar-refractivity contribution is 0.0686. The molecule has 2 heterocycles. The molecule has 0 atom stereocenters. The van der Waals surface area contributed by atoms with E-state index in [2.05, 4.69) is 36.7 Å². The fourth-order valence-corrected chi connectivity index (χ4v) is 5.32. The molecule has 0 radical (unpaired) electrons. The number of nitriles is 1. The van der Waals surface area contributed by atoms with Gasteiger partial charge in [0.05, 0.1) is 35.4 Å². The molecule has 2 aromatic heterocycles. The van der Waals surface area contributed by atoms with Gasteiger partial charge in [-0.1, -0.05) is 93.2 Å². The summed E-state index contributed by atoms with van der Waals surface area (Å²) in [6, 6.07) is 31.5. The minimum Gasteiger partial charge on any atom is -0.506 e. The molecule has 0 amide bonds. The second-order valence-electron chi connectivity index (χ2n) is 11.5. The third kappa shape index (κ3) is 7.43. The molecule has 0 saturated carbocycles. The predicted molar refractivity (Wildman–Crippen MR) is 191 cm³/mol. The molecule has 12 nitrogen and oxygen atoms in total. The molecular weight excluding hydrogens is 650 g/mol. The second kappa shape index (κ2) is 14.9. The van der Waals surface area contributed by atoms with Gasteiger partial charge in [0.1, 0.15) is 5.76 Å². The number of carboxylic acids is 1. The van der Waals surface area contributed by atoms with Gasteiger partial charge in [-0.25, -0.2) is 14.2 Å². The van der Waals surface area contributed by atoms with Crippen LogP contribution in [0.25, 0.3) is 39.4 Å². The van der Waals surface area contributed by atoms with Gasteiger partial charge >= 0.3 is 5.97 Å². The van der Waals surface area contributed by atoms with Gasteiger partial charge in [-0.3, -0.25) is 9.59 Å². The Morgan fingerprint density at radius 2 is 1.18 bits per heavy atom. The molecule has 0 bridgehead atoms. The van der Waals surface area contributed by atoms with Crippen molar-refractivity contribution in [2.75, 3.05) is 0 Å². The van der Waals surface area contributed by atoms with E-state index in [9.17, 15) is 29.7 Å². The third-order valence-electron chi connectivity index (χ3n) is 7.78. The first kappa shape index (κ1) is 35.1. The van der Waals surface area contributed by atoms with Gasteiger partial charge in [0, 0.05) is 11.1 Å². The molecular formula is C39H31N5O7. The number of hydrogen-bond donors (Lipinski definition) is 4. The van der Waals surface area contributed by atoms with E-state index >= 15 is 0 Å². The lowest BCUT2D eigenvalue weighted by Gasteiger charge is -2.17. The van der Waals surface area contributed by atoms with Crippen LogP contribution in [0.15, 0.2) is 126 Å². The molecule has 0 saturated heterocycles. The number of hydrogen-bond acceptors (Lipinski definition) is 9. The SMILES string of the molecule is C=C(O)c1nn(-c2ccccc2-c2ccccc2C(C)C)cc(O)c1=O.N#Cc1ccc(-c2ccccc2-n2cc(O)c(=O)c(C(=O)O)n2)cc1. The number of aromatic hydroxyl groups is 2. The summed E-state index contributed by atoms with van der Waals surface area (Å²) in [6.07, 6.45) is 2.31. The average molecular weight is 682 g/mol. The zero-order valence-electron chi connectivity index (χ0n) is 27.4. The number of para-hydroxylation sites is 2. The van der Waals surface area contributed by atoms with E-state index in [1.165, 1.54) is 16.4 Å². The number of aromatic carboxylic acids is 1. The first-order valence-electron chi connectivity index (χ1n) is 15.5. The van der Waals surface area contributed by atoms with Crippen molar-refractivity contribution in [2.24, 2.45) is 0 Å². The van der Waals surface area contributed by atoms with Crippen LogP contribution in [0.5, 0.6) is 11.5 Å². The van der Waals surface area contributed by atoms with Crippen LogP contribution in [0, 0.1) is 11.3 Å². The number of aliphatic hydroxyl groups excluding tert-OH is 1. The van der Waals surface area contributed by atoms with Crippen molar-refractivity contribution in [3.63, 3.8) is 0 Å². The minimum atomic E-state index is -1.52. The number of rotatable bonds is 7. The van der Waals surface area contributed by atoms with Gasteiger partial charge < -0.3 is 20.4 Å². The van der Waals surface area contributed by atoms with Crippen molar-refractivity contribution >= 4 is 11.7 Å². The zero-order valence-corrected chi connectivity index (χ0v) is 27.4. The summed E-state index contributed by atoms with van der Waals surface area (Å²) in [7, 11) is 0. The number of carbonyl (C=O) groups is 1. The number of benzene rings is 4. The minimum absolute atomic E-state index is 0.281. The van der Waals surface area contributed by atoms with Gasteiger partial charge in [0.15, 0.2) is 17.2 Å². The highest BCUT2D eigenvalue weighted by Crippen LogP contribution is 2.33. The molecule has 6 aromatic rings. The maximum atomic E-state index is 11.9. The molecule has 12 heteroatoms. The molecule has 0 aliphatic carbocycles. The Balaban J connectivity index is 0.000000198. The van der Waals surface area contributed by atoms with Gasteiger partial charge in [0.25, 0.3) is 10.9 Å². The van der Waals surface area contributed by atoms with Crippen molar-refractivity contribution < 1.29 is 25.2 Å². The first-order valence-corrected chi connectivity index (χ1v) is 15.5. The van der Waals surface area contributed by atoms with Gasteiger partial charge in [-0.05, 0) is 46.9 Å². The predicted octanol–water partition coefficient (Wildman–Crippen LogP) is 6.43. The Hall–Kier alpha value is -7.26. The fourth-order valence-electron chi connectivity index (χ4n) is 5.32. The Morgan fingerprint density at radius 1 is 0.706 bits per heavy atom. The molecule has 6 rings (SSSR count). The Morgan fingerprint density at radius 3 is 1.71 bits per heavy atom. The highest BCUT2D eigenvalue weighted by molar-refractivity contribution is 5.85. The van der Waals surface area contributed by atoms with Crippen LogP contribution in [-0.4, -0.2) is 46.0 Å². The molecule has 4 aromatic carbocycles.